The molecular formula is C22H30O6. The van der Waals surface area contributed by atoms with Gasteiger partial charge in [0.1, 0.15) is 6.10 Å². The molecule has 4 saturated carbocycles. The third-order valence-electron chi connectivity index (χ3n) is 8.96. The number of ether oxygens (including phenoxy) is 1. The molecule has 0 heterocycles. The Bertz CT molecular complexity index is 773. The number of aliphatic hydroxyl groups excluding tert-OH is 1. The van der Waals surface area contributed by atoms with Gasteiger partial charge in [0.05, 0.1) is 16.9 Å². The van der Waals surface area contributed by atoms with Crippen molar-refractivity contribution < 1.29 is 29.3 Å². The highest BCUT2D eigenvalue weighted by atomic mass is 16.5. The second-order valence-electron chi connectivity index (χ2n) is 9.96. The number of fused-ring (bicyclic) bond motifs is 3. The van der Waals surface area contributed by atoms with Crippen molar-refractivity contribution in [1.29, 1.82) is 0 Å². The molecule has 0 radical (unpaired) electrons. The van der Waals surface area contributed by atoms with Crippen molar-refractivity contribution in [3.8, 4) is 0 Å². The third-order valence-corrected chi connectivity index (χ3v) is 8.96. The molecule has 4 fully saturated rings. The fourth-order valence-corrected chi connectivity index (χ4v) is 7.58. The van der Waals surface area contributed by atoms with E-state index in [0.717, 1.165) is 6.42 Å². The van der Waals surface area contributed by atoms with E-state index < -0.39 is 34.4 Å². The van der Waals surface area contributed by atoms with Gasteiger partial charge in [0.25, 0.3) is 0 Å². The minimum Gasteiger partial charge on any atom is -0.481 e. The summed E-state index contributed by atoms with van der Waals surface area (Å²) in [4.78, 5) is 37.4. The van der Waals surface area contributed by atoms with Gasteiger partial charge in [-0.3, -0.25) is 14.4 Å². The maximum atomic E-state index is 13.3. The molecule has 4 rings (SSSR count). The van der Waals surface area contributed by atoms with Crippen molar-refractivity contribution >= 4 is 17.7 Å². The van der Waals surface area contributed by atoms with Gasteiger partial charge in [0.15, 0.2) is 5.78 Å². The summed E-state index contributed by atoms with van der Waals surface area (Å²) < 4.78 is 5.74. The molecule has 6 heteroatoms. The smallest absolute Gasteiger partial charge is 0.309 e. The van der Waals surface area contributed by atoms with E-state index in [2.05, 4.69) is 6.58 Å². The number of rotatable bonds is 2. The predicted molar refractivity (Wildman–Crippen MR) is 100 cm³/mol. The van der Waals surface area contributed by atoms with Crippen molar-refractivity contribution in [3.05, 3.63) is 12.2 Å². The number of aliphatic carboxylic acids is 1. The number of carbonyl (C=O) groups is 3. The minimum atomic E-state index is -1.02. The van der Waals surface area contributed by atoms with E-state index in [-0.39, 0.29) is 35.9 Å². The average molecular weight is 390 g/mol. The summed E-state index contributed by atoms with van der Waals surface area (Å²) in [5.41, 5.74) is -2.02. The van der Waals surface area contributed by atoms with Crippen LogP contribution in [0.1, 0.15) is 59.3 Å². The van der Waals surface area contributed by atoms with Crippen molar-refractivity contribution in [3.63, 3.8) is 0 Å². The van der Waals surface area contributed by atoms with Crippen LogP contribution in [0.3, 0.4) is 0 Å². The topological polar surface area (TPSA) is 101 Å². The first kappa shape index (κ1) is 19.6. The number of carbonyl (C=O) groups excluding carboxylic acids is 2. The molecule has 0 aromatic carbocycles. The van der Waals surface area contributed by atoms with Gasteiger partial charge in [-0.05, 0) is 68.8 Å². The van der Waals surface area contributed by atoms with Crippen molar-refractivity contribution in [2.75, 3.05) is 0 Å². The Morgan fingerprint density at radius 1 is 1.18 bits per heavy atom. The first-order valence-electron chi connectivity index (χ1n) is 10.3. The van der Waals surface area contributed by atoms with Crippen molar-refractivity contribution in [2.24, 2.45) is 34.0 Å². The lowest BCUT2D eigenvalue weighted by atomic mass is 9.39. The number of carboxylic acids is 1. The lowest BCUT2D eigenvalue weighted by Crippen LogP contribution is -2.68. The summed E-state index contributed by atoms with van der Waals surface area (Å²) >= 11 is 0. The van der Waals surface area contributed by atoms with E-state index in [4.69, 9.17) is 4.74 Å². The van der Waals surface area contributed by atoms with Gasteiger partial charge in [0.2, 0.25) is 0 Å². The predicted octanol–water partition coefficient (Wildman–Crippen LogP) is 2.73. The van der Waals surface area contributed by atoms with E-state index in [1.165, 1.54) is 6.92 Å². The van der Waals surface area contributed by atoms with Crippen molar-refractivity contribution in [2.45, 2.75) is 71.5 Å². The maximum Gasteiger partial charge on any atom is 0.309 e. The number of aliphatic hydroxyl groups is 1. The molecule has 4 aliphatic carbocycles. The summed E-state index contributed by atoms with van der Waals surface area (Å²) in [7, 11) is 0. The molecule has 0 aromatic heterocycles. The van der Waals surface area contributed by atoms with E-state index in [9.17, 15) is 24.6 Å². The summed E-state index contributed by atoms with van der Waals surface area (Å²) in [6.45, 7) is 9.12. The highest BCUT2D eigenvalue weighted by Gasteiger charge is 2.73. The average Bonchev–Trinajstić information content (AvgIpc) is 2.81. The van der Waals surface area contributed by atoms with Crippen LogP contribution in [0.4, 0.5) is 0 Å². The van der Waals surface area contributed by atoms with E-state index in [0.29, 0.717) is 31.3 Å². The molecule has 8 atom stereocenters. The molecule has 4 aliphatic rings. The van der Waals surface area contributed by atoms with Crippen LogP contribution in [-0.2, 0) is 19.1 Å². The van der Waals surface area contributed by atoms with E-state index in [1.807, 2.05) is 6.92 Å². The van der Waals surface area contributed by atoms with Gasteiger partial charge in [-0.1, -0.05) is 13.5 Å². The lowest BCUT2D eigenvalue weighted by Gasteiger charge is -2.65. The Morgan fingerprint density at radius 3 is 2.46 bits per heavy atom. The number of Topliss-reactive ketones (excluding diaryl/α,β-unsaturated/α-hetero) is 1. The van der Waals surface area contributed by atoms with E-state index >= 15 is 0 Å². The molecule has 28 heavy (non-hydrogen) atoms. The van der Waals surface area contributed by atoms with Crippen LogP contribution >= 0.6 is 0 Å². The van der Waals surface area contributed by atoms with Crippen LogP contribution in [0.25, 0.3) is 0 Å². The largest absolute Gasteiger partial charge is 0.481 e. The zero-order valence-electron chi connectivity index (χ0n) is 16.9. The number of ketones is 1. The summed E-state index contributed by atoms with van der Waals surface area (Å²) in [5.74, 6) is -1.83. The van der Waals surface area contributed by atoms with Crippen LogP contribution < -0.4 is 0 Å². The molecule has 154 valence electrons. The quantitative estimate of drug-likeness (QED) is 0.555. The van der Waals surface area contributed by atoms with Crippen LogP contribution in [0, 0.1) is 34.0 Å². The Labute approximate surface area is 165 Å². The van der Waals surface area contributed by atoms with Gasteiger partial charge < -0.3 is 14.9 Å². The normalized spacial score (nSPS) is 49.9. The zero-order valence-corrected chi connectivity index (χ0v) is 16.9. The second kappa shape index (κ2) is 5.91. The number of esters is 1. The van der Waals surface area contributed by atoms with Gasteiger partial charge in [-0.2, -0.15) is 0 Å². The fourth-order valence-electron chi connectivity index (χ4n) is 7.58. The molecule has 1 spiro atoms. The molecule has 0 aliphatic heterocycles. The standard InChI is InChI=1S/C22H30O6/c1-11-13-5-6-14-21(4)15(9-16(24)22(14,10-13)18(11)25)20(3,19(26)27)8-7-17(21)28-12(2)23/h13-17,24H,1,5-10H2,2-4H3,(H,26,27)/t13-,14-,15+,16-,17-,20+,21-,22+/m0/s1. The Morgan fingerprint density at radius 2 is 1.86 bits per heavy atom. The number of carboxylic acid groups (broad SMARTS) is 1. The molecule has 2 bridgehead atoms. The first-order chi connectivity index (χ1) is 13.0. The Hall–Kier alpha value is -1.69. The molecule has 0 aromatic rings. The number of allylic oxidation sites excluding steroid dienone is 1. The molecule has 0 amide bonds. The summed E-state index contributed by atoms with van der Waals surface area (Å²) in [5, 5.41) is 21.3. The number of hydrogen-bond donors (Lipinski definition) is 2. The van der Waals surface area contributed by atoms with Crippen molar-refractivity contribution in [1.82, 2.24) is 0 Å². The van der Waals surface area contributed by atoms with Crippen LogP contribution in [0.15, 0.2) is 12.2 Å². The molecular weight excluding hydrogens is 360 g/mol. The van der Waals surface area contributed by atoms with Gasteiger partial charge >= 0.3 is 11.9 Å². The molecule has 2 N–H and O–H groups in total. The van der Waals surface area contributed by atoms with Gasteiger partial charge in [-0.25, -0.2) is 0 Å². The lowest BCUT2D eigenvalue weighted by molar-refractivity contribution is -0.240. The SMILES string of the molecule is C=C1C(=O)[C@]23C[C@@H]1CC[C@H]2[C@]1(C)[C@@H](OC(C)=O)CC[C@@](C)(C(=O)O)[C@H]1C[C@@H]3O. The second-order valence-corrected chi connectivity index (χ2v) is 9.96. The monoisotopic (exact) mass is 390 g/mol. The summed E-state index contributed by atoms with van der Waals surface area (Å²) in [6, 6.07) is 0. The van der Waals surface area contributed by atoms with Gasteiger partial charge in [-0.15, -0.1) is 0 Å². The Balaban J connectivity index is 1.88. The number of hydrogen-bond acceptors (Lipinski definition) is 5. The van der Waals surface area contributed by atoms with Crippen LogP contribution in [0.2, 0.25) is 0 Å². The van der Waals surface area contributed by atoms with Gasteiger partial charge in [0, 0.05) is 12.3 Å². The highest BCUT2D eigenvalue weighted by Crippen LogP contribution is 2.71. The third kappa shape index (κ3) is 2.15. The summed E-state index contributed by atoms with van der Waals surface area (Å²) in [6.07, 6.45) is 1.84. The molecule has 6 nitrogen and oxygen atoms in total. The zero-order chi connectivity index (χ0) is 20.6. The fraction of sp³-hybridized carbons (Fsp3) is 0.773. The molecule has 0 unspecified atom stereocenters. The Kier molecular flexibility index (Phi) is 4.14. The maximum absolute atomic E-state index is 13.3. The highest BCUT2D eigenvalue weighted by molar-refractivity contribution is 6.03. The van der Waals surface area contributed by atoms with Crippen LogP contribution in [0.5, 0.6) is 0 Å². The van der Waals surface area contributed by atoms with E-state index in [1.54, 1.807) is 6.92 Å². The van der Waals surface area contributed by atoms with Crippen LogP contribution in [-0.4, -0.2) is 40.1 Å². The molecule has 0 saturated heterocycles. The minimum absolute atomic E-state index is 0.0589. The first-order valence-corrected chi connectivity index (χ1v) is 10.3.